The summed E-state index contributed by atoms with van der Waals surface area (Å²) < 4.78 is 13.3. The first kappa shape index (κ1) is 22.7. The van der Waals surface area contributed by atoms with Crippen LogP contribution in [0.4, 0.5) is 0 Å². The zero-order valence-corrected chi connectivity index (χ0v) is 20.5. The Hall–Kier alpha value is -3.71. The average Bonchev–Trinajstić information content (AvgIpc) is 3.58. The lowest BCUT2D eigenvalue weighted by Gasteiger charge is -2.22. The molecule has 0 amide bonds. The van der Waals surface area contributed by atoms with E-state index in [4.69, 9.17) is 19.6 Å². The minimum atomic E-state index is -0.0183. The van der Waals surface area contributed by atoms with Crippen molar-refractivity contribution >= 4 is 11.4 Å². The highest BCUT2D eigenvalue weighted by atomic mass is 16.6. The van der Waals surface area contributed by atoms with Crippen molar-refractivity contribution < 1.29 is 14.3 Å². The van der Waals surface area contributed by atoms with Crippen LogP contribution in [0.25, 0.3) is 16.9 Å². The Balaban J connectivity index is 1.21. The number of likely N-dealkylation sites (tertiary alicyclic amines) is 1. The van der Waals surface area contributed by atoms with E-state index >= 15 is 0 Å². The normalized spacial score (nSPS) is 16.4. The van der Waals surface area contributed by atoms with Gasteiger partial charge in [-0.2, -0.15) is 5.10 Å². The summed E-state index contributed by atoms with van der Waals surface area (Å²) in [6, 6.07) is 20.2. The second-order valence-corrected chi connectivity index (χ2v) is 9.63. The van der Waals surface area contributed by atoms with Crippen LogP contribution < -0.4 is 9.47 Å². The van der Waals surface area contributed by atoms with Crippen LogP contribution in [0.1, 0.15) is 36.7 Å². The summed E-state index contributed by atoms with van der Waals surface area (Å²) >= 11 is 0. The number of ether oxygens (including phenoxy) is 2. The average molecular weight is 483 g/mol. The molecule has 7 nitrogen and oxygen atoms in total. The highest BCUT2D eigenvalue weighted by Crippen LogP contribution is 2.34. The Morgan fingerprint density at radius 1 is 0.944 bits per heavy atom. The minimum absolute atomic E-state index is 0.0183. The molecule has 2 aliphatic heterocycles. The predicted molar refractivity (Wildman–Crippen MR) is 138 cm³/mol. The highest BCUT2D eigenvalue weighted by Gasteiger charge is 2.24. The Morgan fingerprint density at radius 2 is 1.72 bits per heavy atom. The SMILES string of the molecule is CC(C(=O)Cc1cccc(Cc2nc3cccc(-c4ccc5c(c4)OCCO5)n3n2)c1)N1CCCC1. The molecule has 0 N–H and O–H groups in total. The number of rotatable bonds is 7. The van der Waals surface area contributed by atoms with E-state index in [0.29, 0.717) is 26.1 Å². The van der Waals surface area contributed by atoms with E-state index in [1.54, 1.807) is 0 Å². The number of ketones is 1. The van der Waals surface area contributed by atoms with Gasteiger partial charge in [-0.05, 0) is 74.3 Å². The standard InChI is InChI=1S/C29H30N4O3/c1-20(32-12-2-3-13-32)25(34)17-21-6-4-7-22(16-21)18-28-30-29-9-5-8-24(33(29)31-28)23-10-11-26-27(19-23)36-15-14-35-26/h4-11,16,19-20H,2-3,12-15,17-18H2,1H3. The van der Waals surface area contributed by atoms with Crippen LogP contribution in [0.5, 0.6) is 11.5 Å². The van der Waals surface area contributed by atoms with Crippen LogP contribution >= 0.6 is 0 Å². The summed E-state index contributed by atoms with van der Waals surface area (Å²) in [5.74, 6) is 2.55. The third-order valence-electron chi connectivity index (χ3n) is 7.13. The van der Waals surface area contributed by atoms with Crippen LogP contribution in [0, 0.1) is 0 Å². The topological polar surface area (TPSA) is 69.0 Å². The van der Waals surface area contributed by atoms with Crippen LogP contribution in [-0.4, -0.2) is 57.6 Å². The molecular formula is C29H30N4O3. The molecule has 0 aliphatic carbocycles. The number of hydrogen-bond acceptors (Lipinski definition) is 6. The number of fused-ring (bicyclic) bond motifs is 2. The molecule has 2 aromatic heterocycles. The number of hydrogen-bond donors (Lipinski definition) is 0. The van der Waals surface area contributed by atoms with Gasteiger partial charge in [-0.1, -0.05) is 30.3 Å². The van der Waals surface area contributed by atoms with Gasteiger partial charge < -0.3 is 9.47 Å². The van der Waals surface area contributed by atoms with Gasteiger partial charge in [0.25, 0.3) is 0 Å². The van der Waals surface area contributed by atoms with E-state index in [2.05, 4.69) is 17.0 Å². The molecule has 1 unspecified atom stereocenters. The minimum Gasteiger partial charge on any atom is -0.486 e. The first-order chi connectivity index (χ1) is 17.6. The number of carbonyl (C=O) groups excluding carboxylic acids is 1. The molecule has 2 aromatic carbocycles. The molecule has 2 aliphatic rings. The summed E-state index contributed by atoms with van der Waals surface area (Å²) in [6.45, 7) is 5.22. The van der Waals surface area contributed by atoms with E-state index in [-0.39, 0.29) is 11.8 Å². The number of pyridine rings is 1. The fourth-order valence-electron chi connectivity index (χ4n) is 5.16. The molecule has 4 heterocycles. The lowest BCUT2D eigenvalue weighted by atomic mass is 10.0. The summed E-state index contributed by atoms with van der Waals surface area (Å²) in [4.78, 5) is 19.9. The zero-order valence-electron chi connectivity index (χ0n) is 20.5. The van der Waals surface area contributed by atoms with E-state index in [9.17, 15) is 4.79 Å². The second-order valence-electron chi connectivity index (χ2n) is 9.63. The van der Waals surface area contributed by atoms with E-state index in [0.717, 1.165) is 58.4 Å². The summed E-state index contributed by atoms with van der Waals surface area (Å²) in [5.41, 5.74) is 4.88. The van der Waals surface area contributed by atoms with Crippen molar-refractivity contribution in [3.63, 3.8) is 0 Å². The van der Waals surface area contributed by atoms with Gasteiger partial charge in [0.05, 0.1) is 11.7 Å². The maximum Gasteiger partial charge on any atom is 0.162 e. The smallest absolute Gasteiger partial charge is 0.162 e. The van der Waals surface area contributed by atoms with E-state index in [1.807, 2.05) is 60.0 Å². The Kier molecular flexibility index (Phi) is 6.15. The van der Waals surface area contributed by atoms with Gasteiger partial charge in [0.2, 0.25) is 0 Å². The molecule has 6 rings (SSSR count). The summed E-state index contributed by atoms with van der Waals surface area (Å²) in [6.07, 6.45) is 3.44. The fraction of sp³-hybridized carbons (Fsp3) is 0.345. The molecule has 0 spiro atoms. The van der Waals surface area contributed by atoms with Gasteiger partial charge in [-0.3, -0.25) is 9.69 Å². The second kappa shape index (κ2) is 9.74. The molecule has 1 saturated heterocycles. The van der Waals surface area contributed by atoms with Gasteiger partial charge in [0.1, 0.15) is 13.2 Å². The Labute approximate surface area is 210 Å². The molecule has 184 valence electrons. The van der Waals surface area contributed by atoms with Crippen LogP contribution in [-0.2, 0) is 17.6 Å². The fourth-order valence-corrected chi connectivity index (χ4v) is 5.16. The van der Waals surface area contributed by atoms with Crippen molar-refractivity contribution in [2.24, 2.45) is 0 Å². The molecule has 7 heteroatoms. The Morgan fingerprint density at radius 3 is 2.58 bits per heavy atom. The number of Topliss-reactive ketones (excluding diaryl/α,β-unsaturated/α-hetero) is 1. The van der Waals surface area contributed by atoms with Crippen LogP contribution in [0.3, 0.4) is 0 Å². The van der Waals surface area contributed by atoms with Gasteiger partial charge >= 0.3 is 0 Å². The first-order valence-electron chi connectivity index (χ1n) is 12.7. The molecule has 0 saturated carbocycles. The van der Waals surface area contributed by atoms with Crippen molar-refractivity contribution in [3.8, 4) is 22.8 Å². The van der Waals surface area contributed by atoms with Crippen LogP contribution in [0.15, 0.2) is 60.7 Å². The molecule has 0 bridgehead atoms. The summed E-state index contributed by atoms with van der Waals surface area (Å²) in [7, 11) is 0. The third kappa shape index (κ3) is 4.58. The monoisotopic (exact) mass is 482 g/mol. The molecule has 36 heavy (non-hydrogen) atoms. The van der Waals surface area contributed by atoms with Crippen molar-refractivity contribution in [1.29, 1.82) is 0 Å². The molecule has 1 fully saturated rings. The van der Waals surface area contributed by atoms with Crippen molar-refractivity contribution in [2.45, 2.75) is 38.6 Å². The largest absolute Gasteiger partial charge is 0.486 e. The van der Waals surface area contributed by atoms with E-state index in [1.165, 1.54) is 12.8 Å². The third-order valence-corrected chi connectivity index (χ3v) is 7.13. The molecule has 1 atom stereocenters. The first-order valence-corrected chi connectivity index (χ1v) is 12.7. The maximum absolute atomic E-state index is 12.9. The van der Waals surface area contributed by atoms with Gasteiger partial charge in [-0.25, -0.2) is 9.50 Å². The van der Waals surface area contributed by atoms with Crippen LogP contribution in [0.2, 0.25) is 0 Å². The van der Waals surface area contributed by atoms with Crippen molar-refractivity contribution in [2.75, 3.05) is 26.3 Å². The molecule has 0 radical (unpaired) electrons. The predicted octanol–water partition coefficient (Wildman–Crippen LogP) is 4.35. The van der Waals surface area contributed by atoms with Gasteiger partial charge in [0, 0.05) is 18.4 Å². The number of aromatic nitrogens is 3. The molecule has 4 aromatic rings. The summed E-state index contributed by atoms with van der Waals surface area (Å²) in [5, 5.41) is 4.83. The number of nitrogens with zero attached hydrogens (tertiary/aromatic N) is 4. The van der Waals surface area contributed by atoms with Gasteiger partial charge in [0.15, 0.2) is 28.8 Å². The van der Waals surface area contributed by atoms with Crippen molar-refractivity contribution in [3.05, 3.63) is 77.6 Å². The lowest BCUT2D eigenvalue weighted by molar-refractivity contribution is -0.122. The number of carbonyl (C=O) groups is 1. The number of benzene rings is 2. The highest BCUT2D eigenvalue weighted by molar-refractivity contribution is 5.85. The van der Waals surface area contributed by atoms with Gasteiger partial charge in [-0.15, -0.1) is 0 Å². The Bertz CT molecular complexity index is 1410. The quantitative estimate of drug-likeness (QED) is 0.390. The lowest BCUT2D eigenvalue weighted by Crippen LogP contribution is -2.37. The molecular weight excluding hydrogens is 452 g/mol. The zero-order chi connectivity index (χ0) is 24.5. The van der Waals surface area contributed by atoms with E-state index < -0.39 is 0 Å². The maximum atomic E-state index is 12.9. The van der Waals surface area contributed by atoms with Crippen molar-refractivity contribution in [1.82, 2.24) is 19.5 Å².